The van der Waals surface area contributed by atoms with Gasteiger partial charge in [-0.1, -0.05) is 6.92 Å². The van der Waals surface area contributed by atoms with Crippen LogP contribution in [0.15, 0.2) is 24.7 Å². The van der Waals surface area contributed by atoms with Crippen molar-refractivity contribution in [3.05, 3.63) is 24.7 Å². The number of nitrogens with zero attached hydrogens (tertiary/aromatic N) is 4. The fourth-order valence-corrected chi connectivity index (χ4v) is 3.82. The van der Waals surface area contributed by atoms with Gasteiger partial charge in [0.15, 0.2) is 5.65 Å². The number of fused-ring (bicyclic) bond motifs is 1. The molecule has 2 aliphatic heterocycles. The van der Waals surface area contributed by atoms with Crippen LogP contribution in [-0.2, 0) is 4.79 Å². The van der Waals surface area contributed by atoms with Crippen LogP contribution in [0.25, 0.3) is 11.2 Å². The van der Waals surface area contributed by atoms with E-state index in [1.165, 1.54) is 0 Å². The van der Waals surface area contributed by atoms with Gasteiger partial charge in [-0.25, -0.2) is 15.0 Å². The van der Waals surface area contributed by atoms with Crippen molar-refractivity contribution >= 4 is 22.8 Å². The molecule has 0 spiro atoms. The number of piperidine rings is 1. The fourth-order valence-electron chi connectivity index (χ4n) is 3.82. The third-order valence-electron chi connectivity index (χ3n) is 4.84. The lowest BCUT2D eigenvalue weighted by Crippen LogP contribution is -2.53. The number of pyridine rings is 1. The first-order valence-electron chi connectivity index (χ1n) is 8.55. The second-order valence-corrected chi connectivity index (χ2v) is 6.80. The summed E-state index contributed by atoms with van der Waals surface area (Å²) in [4.78, 5) is 27.3. The molecule has 0 bridgehead atoms. The van der Waals surface area contributed by atoms with Crippen molar-refractivity contribution in [2.45, 2.75) is 31.8 Å². The summed E-state index contributed by atoms with van der Waals surface area (Å²) in [5.41, 5.74) is 2.58. The van der Waals surface area contributed by atoms with Gasteiger partial charge >= 0.3 is 0 Å². The smallest absolute Gasteiger partial charge is 0.237 e. The lowest BCUT2D eigenvalue weighted by Gasteiger charge is -2.39. The predicted octanol–water partition coefficient (Wildman–Crippen LogP) is 0.718. The highest BCUT2D eigenvalue weighted by Crippen LogP contribution is 2.27. The summed E-state index contributed by atoms with van der Waals surface area (Å²) in [5.74, 6) is 0.667. The van der Waals surface area contributed by atoms with Crippen LogP contribution in [0.2, 0.25) is 0 Å². The van der Waals surface area contributed by atoms with E-state index in [-0.39, 0.29) is 11.9 Å². The van der Waals surface area contributed by atoms with E-state index in [1.807, 2.05) is 6.07 Å². The third-order valence-corrected chi connectivity index (χ3v) is 4.84. The number of hydrogen-bond donors (Lipinski definition) is 2. The summed E-state index contributed by atoms with van der Waals surface area (Å²) >= 11 is 0. The minimum Gasteiger partial charge on any atom is -0.368 e. The maximum atomic E-state index is 11.8. The quantitative estimate of drug-likeness (QED) is 0.865. The SMILES string of the molecule is C[C@H]1C[C@@H](NC2CCNC2=O)CN(c2ccnc3nccnc23)C1. The summed E-state index contributed by atoms with van der Waals surface area (Å²) in [7, 11) is 0. The molecule has 126 valence electrons. The molecule has 0 saturated carbocycles. The zero-order valence-corrected chi connectivity index (χ0v) is 13.8. The summed E-state index contributed by atoms with van der Waals surface area (Å²) in [6, 6.07) is 2.24. The molecule has 4 rings (SSSR count). The van der Waals surface area contributed by atoms with Gasteiger partial charge in [-0.05, 0) is 24.8 Å². The molecule has 1 unspecified atom stereocenters. The number of carbonyl (C=O) groups is 1. The van der Waals surface area contributed by atoms with Gasteiger partial charge in [0, 0.05) is 44.3 Å². The number of aromatic nitrogens is 3. The van der Waals surface area contributed by atoms with E-state index < -0.39 is 0 Å². The highest BCUT2D eigenvalue weighted by Gasteiger charge is 2.31. The molecule has 0 aromatic carbocycles. The largest absolute Gasteiger partial charge is 0.368 e. The number of anilines is 1. The van der Waals surface area contributed by atoms with Gasteiger partial charge in [0.2, 0.25) is 5.91 Å². The lowest BCUT2D eigenvalue weighted by atomic mass is 9.94. The van der Waals surface area contributed by atoms with Crippen LogP contribution >= 0.6 is 0 Å². The van der Waals surface area contributed by atoms with Gasteiger partial charge in [-0.15, -0.1) is 0 Å². The van der Waals surface area contributed by atoms with Crippen molar-refractivity contribution in [3.63, 3.8) is 0 Å². The summed E-state index contributed by atoms with van der Waals surface area (Å²) < 4.78 is 0. The number of carbonyl (C=O) groups excluding carboxylic acids is 1. The molecular formula is C17H22N6O. The molecule has 24 heavy (non-hydrogen) atoms. The number of nitrogens with one attached hydrogen (secondary N) is 2. The van der Waals surface area contributed by atoms with E-state index in [4.69, 9.17) is 0 Å². The van der Waals surface area contributed by atoms with Crippen molar-refractivity contribution in [1.82, 2.24) is 25.6 Å². The molecule has 0 radical (unpaired) electrons. The highest BCUT2D eigenvalue weighted by molar-refractivity contribution is 5.85. The van der Waals surface area contributed by atoms with Crippen molar-refractivity contribution in [3.8, 4) is 0 Å². The van der Waals surface area contributed by atoms with Crippen LogP contribution in [0.1, 0.15) is 19.8 Å². The molecule has 2 saturated heterocycles. The van der Waals surface area contributed by atoms with Gasteiger partial charge in [-0.2, -0.15) is 0 Å². The molecule has 0 aliphatic carbocycles. The van der Waals surface area contributed by atoms with E-state index in [0.29, 0.717) is 17.6 Å². The Kier molecular flexibility index (Phi) is 4.02. The minimum atomic E-state index is -0.0591. The molecule has 1 amide bonds. The van der Waals surface area contributed by atoms with E-state index in [0.717, 1.165) is 43.7 Å². The van der Waals surface area contributed by atoms with Crippen LogP contribution in [0.4, 0.5) is 5.69 Å². The van der Waals surface area contributed by atoms with Crippen molar-refractivity contribution in [2.24, 2.45) is 5.92 Å². The molecule has 2 N–H and O–H groups in total. The van der Waals surface area contributed by atoms with E-state index >= 15 is 0 Å². The van der Waals surface area contributed by atoms with E-state index in [1.54, 1.807) is 18.6 Å². The van der Waals surface area contributed by atoms with Crippen LogP contribution in [-0.4, -0.2) is 52.6 Å². The van der Waals surface area contributed by atoms with Crippen molar-refractivity contribution in [1.29, 1.82) is 0 Å². The third kappa shape index (κ3) is 2.91. The molecule has 7 heteroatoms. The Morgan fingerprint density at radius 3 is 2.88 bits per heavy atom. The lowest BCUT2D eigenvalue weighted by molar-refractivity contribution is -0.121. The molecule has 7 nitrogen and oxygen atoms in total. The van der Waals surface area contributed by atoms with Crippen molar-refractivity contribution in [2.75, 3.05) is 24.5 Å². The summed E-state index contributed by atoms with van der Waals surface area (Å²) in [6.07, 6.45) is 7.11. The van der Waals surface area contributed by atoms with Crippen LogP contribution in [0, 0.1) is 5.92 Å². The van der Waals surface area contributed by atoms with Crippen LogP contribution in [0.3, 0.4) is 0 Å². The van der Waals surface area contributed by atoms with Gasteiger partial charge in [0.25, 0.3) is 0 Å². The predicted molar refractivity (Wildman–Crippen MR) is 91.7 cm³/mol. The van der Waals surface area contributed by atoms with Gasteiger partial charge < -0.3 is 15.5 Å². The first-order valence-corrected chi connectivity index (χ1v) is 8.55. The first kappa shape index (κ1) is 15.3. The minimum absolute atomic E-state index is 0.0591. The van der Waals surface area contributed by atoms with Crippen LogP contribution < -0.4 is 15.5 Å². The number of rotatable bonds is 3. The summed E-state index contributed by atoms with van der Waals surface area (Å²) in [6.45, 7) is 4.87. The zero-order chi connectivity index (χ0) is 16.5. The Labute approximate surface area is 140 Å². The Hall–Kier alpha value is -2.28. The maximum Gasteiger partial charge on any atom is 0.237 e. The monoisotopic (exact) mass is 326 g/mol. The van der Waals surface area contributed by atoms with E-state index in [9.17, 15) is 4.79 Å². The van der Waals surface area contributed by atoms with Gasteiger partial charge in [-0.3, -0.25) is 4.79 Å². The fraction of sp³-hybridized carbons (Fsp3) is 0.529. The van der Waals surface area contributed by atoms with Crippen LogP contribution in [0.5, 0.6) is 0 Å². The zero-order valence-electron chi connectivity index (χ0n) is 13.8. The number of hydrogen-bond acceptors (Lipinski definition) is 6. The second-order valence-electron chi connectivity index (χ2n) is 6.80. The average Bonchev–Trinajstić information content (AvgIpc) is 2.99. The topological polar surface area (TPSA) is 83.0 Å². The Morgan fingerprint density at radius 1 is 1.21 bits per heavy atom. The first-order chi connectivity index (χ1) is 11.7. The normalized spacial score (nSPS) is 27.5. The summed E-state index contributed by atoms with van der Waals surface area (Å²) in [5, 5.41) is 6.44. The molecule has 2 aromatic rings. The molecule has 2 aromatic heterocycles. The standard InChI is InChI=1S/C17H22N6O/c1-11-8-12(22-13-2-4-21-17(13)24)10-23(9-11)14-3-5-19-16-15(14)18-6-7-20-16/h3,5-7,11-13,22H,2,4,8-10H2,1H3,(H,21,24)/t11-,12+,13?/m0/s1. The average molecular weight is 326 g/mol. The molecular weight excluding hydrogens is 304 g/mol. The molecule has 2 aliphatic rings. The number of amides is 1. The second kappa shape index (κ2) is 6.32. The Balaban J connectivity index is 1.57. The molecule has 2 fully saturated rings. The van der Waals surface area contributed by atoms with Crippen molar-refractivity contribution < 1.29 is 4.79 Å². The molecule has 4 heterocycles. The Bertz CT molecular complexity index is 745. The highest BCUT2D eigenvalue weighted by atomic mass is 16.2. The molecule has 3 atom stereocenters. The van der Waals surface area contributed by atoms with Gasteiger partial charge in [0.1, 0.15) is 5.52 Å². The van der Waals surface area contributed by atoms with Gasteiger partial charge in [0.05, 0.1) is 11.7 Å². The maximum absolute atomic E-state index is 11.8. The Morgan fingerprint density at radius 2 is 2.04 bits per heavy atom. The van der Waals surface area contributed by atoms with E-state index in [2.05, 4.69) is 37.4 Å².